The van der Waals surface area contributed by atoms with Crippen LogP contribution in [-0.4, -0.2) is 29.0 Å². The van der Waals surface area contributed by atoms with Gasteiger partial charge in [-0.3, -0.25) is 9.69 Å². The van der Waals surface area contributed by atoms with E-state index in [1.54, 1.807) is 0 Å². The predicted molar refractivity (Wildman–Crippen MR) is 93.7 cm³/mol. The number of fused-ring (bicyclic) bond motifs is 3. The molecule has 24 heavy (non-hydrogen) atoms. The number of para-hydroxylation sites is 1. The van der Waals surface area contributed by atoms with Gasteiger partial charge in [0.25, 0.3) is 0 Å². The van der Waals surface area contributed by atoms with Gasteiger partial charge in [0, 0.05) is 29.7 Å². The highest BCUT2D eigenvalue weighted by Gasteiger charge is 2.40. The van der Waals surface area contributed by atoms with E-state index in [9.17, 15) is 4.79 Å². The predicted octanol–water partition coefficient (Wildman–Crippen LogP) is 2.85. The van der Waals surface area contributed by atoms with Gasteiger partial charge in [-0.2, -0.15) is 0 Å². The van der Waals surface area contributed by atoms with Crippen LogP contribution in [0.2, 0.25) is 0 Å². The largest absolute Gasteiger partial charge is 0.344 e. The Morgan fingerprint density at radius 3 is 2.62 bits per heavy atom. The molecule has 1 amide bonds. The second-order valence-corrected chi connectivity index (χ2v) is 6.82. The number of carbonyl (C=O) groups excluding carboxylic acids is 1. The number of hydrogen-bond acceptors (Lipinski definition) is 2. The molecule has 120 valence electrons. The molecule has 2 unspecified atom stereocenters. The number of aromatic nitrogens is 1. The van der Waals surface area contributed by atoms with Crippen molar-refractivity contribution in [2.75, 3.05) is 13.6 Å². The average Bonchev–Trinajstić information content (AvgIpc) is 2.91. The maximum absolute atomic E-state index is 13.0. The van der Waals surface area contributed by atoms with Crippen LogP contribution in [0.5, 0.6) is 0 Å². The second-order valence-electron chi connectivity index (χ2n) is 6.82. The van der Waals surface area contributed by atoms with Gasteiger partial charge in [-0.05, 0) is 24.2 Å². The van der Waals surface area contributed by atoms with E-state index in [1.807, 2.05) is 30.3 Å². The van der Waals surface area contributed by atoms with Gasteiger partial charge in [-0.25, -0.2) is 0 Å². The van der Waals surface area contributed by atoms with E-state index < -0.39 is 0 Å². The molecule has 3 heterocycles. The van der Waals surface area contributed by atoms with Crippen LogP contribution in [0.25, 0.3) is 10.9 Å². The van der Waals surface area contributed by atoms with E-state index in [1.165, 1.54) is 16.6 Å². The number of amides is 1. The first kappa shape index (κ1) is 13.8. The van der Waals surface area contributed by atoms with Crippen LogP contribution in [-0.2, 0) is 11.3 Å². The van der Waals surface area contributed by atoms with Gasteiger partial charge in [0.15, 0.2) is 0 Å². The van der Waals surface area contributed by atoms with Crippen LogP contribution < -0.4 is 5.32 Å². The van der Waals surface area contributed by atoms with Crippen molar-refractivity contribution in [3.05, 3.63) is 71.4 Å². The van der Waals surface area contributed by atoms with Crippen LogP contribution in [0.15, 0.2) is 54.6 Å². The zero-order valence-electron chi connectivity index (χ0n) is 13.6. The van der Waals surface area contributed by atoms with Crippen LogP contribution in [0, 0.1) is 0 Å². The SMILES string of the molecule is CN1Cc2c3n(c4ccccc24)C(c2ccccc2)C(=O)NC3C1. The molecule has 0 spiro atoms. The molecule has 2 atom stereocenters. The number of rotatable bonds is 1. The molecular weight excluding hydrogens is 298 g/mol. The molecule has 4 nitrogen and oxygen atoms in total. The molecule has 0 bridgehead atoms. The van der Waals surface area contributed by atoms with Crippen molar-refractivity contribution in [2.45, 2.75) is 18.6 Å². The van der Waals surface area contributed by atoms with Crippen molar-refractivity contribution in [3.63, 3.8) is 0 Å². The van der Waals surface area contributed by atoms with Gasteiger partial charge >= 0.3 is 0 Å². The van der Waals surface area contributed by atoms with Crippen molar-refractivity contribution in [1.82, 2.24) is 14.8 Å². The molecule has 2 aliphatic rings. The molecule has 2 aromatic carbocycles. The second kappa shape index (κ2) is 4.95. The van der Waals surface area contributed by atoms with Gasteiger partial charge in [-0.1, -0.05) is 48.5 Å². The fourth-order valence-electron chi connectivity index (χ4n) is 4.32. The van der Waals surface area contributed by atoms with E-state index in [4.69, 9.17) is 0 Å². The number of hydrogen-bond donors (Lipinski definition) is 1. The Labute approximate surface area is 140 Å². The van der Waals surface area contributed by atoms with Crippen LogP contribution in [0.3, 0.4) is 0 Å². The Morgan fingerprint density at radius 1 is 1.04 bits per heavy atom. The summed E-state index contributed by atoms with van der Waals surface area (Å²) in [5.41, 5.74) is 4.83. The summed E-state index contributed by atoms with van der Waals surface area (Å²) >= 11 is 0. The lowest BCUT2D eigenvalue weighted by molar-refractivity contribution is -0.125. The molecule has 1 aromatic heterocycles. The normalized spacial score (nSPS) is 23.1. The van der Waals surface area contributed by atoms with Crippen LogP contribution in [0.4, 0.5) is 0 Å². The van der Waals surface area contributed by atoms with Crippen molar-refractivity contribution in [3.8, 4) is 0 Å². The van der Waals surface area contributed by atoms with Crippen molar-refractivity contribution in [2.24, 2.45) is 0 Å². The van der Waals surface area contributed by atoms with Gasteiger partial charge in [0.2, 0.25) is 5.91 Å². The number of nitrogens with one attached hydrogen (secondary N) is 1. The maximum Gasteiger partial charge on any atom is 0.248 e. The lowest BCUT2D eigenvalue weighted by atomic mass is 9.96. The minimum absolute atomic E-state index is 0.0682. The van der Waals surface area contributed by atoms with Gasteiger partial charge in [-0.15, -0.1) is 0 Å². The summed E-state index contributed by atoms with van der Waals surface area (Å²) in [6.07, 6.45) is 0. The summed E-state index contributed by atoms with van der Waals surface area (Å²) < 4.78 is 2.27. The van der Waals surface area contributed by atoms with E-state index in [0.717, 1.165) is 24.2 Å². The summed E-state index contributed by atoms with van der Waals surface area (Å²) in [4.78, 5) is 15.2. The molecule has 2 aliphatic heterocycles. The fourth-order valence-corrected chi connectivity index (χ4v) is 4.32. The highest BCUT2D eigenvalue weighted by Crippen LogP contribution is 2.41. The first-order chi connectivity index (χ1) is 11.7. The zero-order valence-corrected chi connectivity index (χ0v) is 13.6. The first-order valence-corrected chi connectivity index (χ1v) is 8.39. The Balaban J connectivity index is 1.85. The van der Waals surface area contributed by atoms with E-state index in [2.05, 4.69) is 46.1 Å². The molecule has 1 N–H and O–H groups in total. The molecule has 0 fully saturated rings. The summed E-state index contributed by atoms with van der Waals surface area (Å²) in [7, 11) is 2.12. The quantitative estimate of drug-likeness (QED) is 0.749. The monoisotopic (exact) mass is 317 g/mol. The Bertz CT molecular complexity index is 944. The summed E-state index contributed by atoms with van der Waals surface area (Å²) in [6.45, 7) is 1.79. The number of carbonyl (C=O) groups is 1. The third-order valence-corrected chi connectivity index (χ3v) is 5.25. The van der Waals surface area contributed by atoms with E-state index in [0.29, 0.717) is 0 Å². The highest BCUT2D eigenvalue weighted by atomic mass is 16.2. The summed E-state index contributed by atoms with van der Waals surface area (Å²) in [5.74, 6) is 0.0845. The van der Waals surface area contributed by atoms with E-state index in [-0.39, 0.29) is 18.0 Å². The summed E-state index contributed by atoms with van der Waals surface area (Å²) in [5, 5.41) is 4.52. The molecule has 0 radical (unpaired) electrons. The third-order valence-electron chi connectivity index (χ3n) is 5.25. The Kier molecular flexibility index (Phi) is 2.85. The standard InChI is InChI=1S/C20H19N3O/c1-22-11-15-14-9-5-6-10-17(14)23-18(13-7-3-2-4-8-13)20(24)21-16(12-22)19(15)23/h2-10,16,18H,11-12H2,1H3,(H,21,24). The highest BCUT2D eigenvalue weighted by molar-refractivity contribution is 5.93. The van der Waals surface area contributed by atoms with Crippen molar-refractivity contribution < 1.29 is 4.79 Å². The van der Waals surface area contributed by atoms with Crippen molar-refractivity contribution in [1.29, 1.82) is 0 Å². The lowest BCUT2D eigenvalue weighted by Gasteiger charge is -2.38. The minimum Gasteiger partial charge on any atom is -0.344 e. The van der Waals surface area contributed by atoms with Gasteiger partial charge in [0.1, 0.15) is 6.04 Å². The van der Waals surface area contributed by atoms with Gasteiger partial charge in [0.05, 0.1) is 6.04 Å². The Hall–Kier alpha value is -2.59. The average molecular weight is 317 g/mol. The smallest absolute Gasteiger partial charge is 0.248 e. The minimum atomic E-state index is -0.292. The molecule has 5 rings (SSSR count). The number of likely N-dealkylation sites (N-methyl/N-ethyl adjacent to an activating group) is 1. The van der Waals surface area contributed by atoms with Crippen LogP contribution >= 0.6 is 0 Å². The molecule has 3 aromatic rings. The number of benzene rings is 2. The first-order valence-electron chi connectivity index (χ1n) is 8.39. The third kappa shape index (κ3) is 1.80. The molecule has 0 aliphatic carbocycles. The van der Waals surface area contributed by atoms with E-state index >= 15 is 0 Å². The van der Waals surface area contributed by atoms with Gasteiger partial charge < -0.3 is 9.88 Å². The zero-order chi connectivity index (χ0) is 16.3. The van der Waals surface area contributed by atoms with Crippen molar-refractivity contribution >= 4 is 16.8 Å². The summed E-state index contributed by atoms with van der Waals surface area (Å²) in [6, 6.07) is 18.3. The fraction of sp³-hybridized carbons (Fsp3) is 0.250. The molecular formula is C20H19N3O. The lowest BCUT2D eigenvalue weighted by Crippen LogP contribution is -2.48. The molecule has 4 heteroatoms. The topological polar surface area (TPSA) is 37.3 Å². The molecule has 0 saturated heterocycles. The maximum atomic E-state index is 13.0. The molecule has 0 saturated carbocycles. The van der Waals surface area contributed by atoms with Crippen LogP contribution in [0.1, 0.15) is 28.9 Å². The number of nitrogens with zero attached hydrogens (tertiary/aromatic N) is 2. The Morgan fingerprint density at radius 2 is 1.79 bits per heavy atom.